The van der Waals surface area contributed by atoms with E-state index >= 15 is 0 Å². The number of nitrogens with one attached hydrogen (secondary N) is 1. The van der Waals surface area contributed by atoms with E-state index in [1.54, 1.807) is 23.9 Å². The first kappa shape index (κ1) is 22.7. The van der Waals surface area contributed by atoms with Gasteiger partial charge in [-0.2, -0.15) is 0 Å². The SMILES string of the molecule is CCOc1ccc(-n2c(SCc3ccc(C(=O)OC)cc3)nnc2-c2c[nH]c3ccccc23)cc1. The van der Waals surface area contributed by atoms with E-state index in [4.69, 9.17) is 9.47 Å². The van der Waals surface area contributed by atoms with Gasteiger partial charge in [0.1, 0.15) is 5.75 Å². The maximum atomic E-state index is 11.7. The topological polar surface area (TPSA) is 82.0 Å². The fourth-order valence-electron chi connectivity index (χ4n) is 3.89. The predicted molar refractivity (Wildman–Crippen MR) is 137 cm³/mol. The summed E-state index contributed by atoms with van der Waals surface area (Å²) in [5.74, 6) is 1.90. The summed E-state index contributed by atoms with van der Waals surface area (Å²) in [6, 6.07) is 23.5. The third-order valence-electron chi connectivity index (χ3n) is 5.61. The molecular weight excluding hydrogens is 460 g/mol. The number of rotatable bonds is 8. The van der Waals surface area contributed by atoms with Crippen molar-refractivity contribution in [2.24, 2.45) is 0 Å². The summed E-state index contributed by atoms with van der Waals surface area (Å²) >= 11 is 1.58. The molecule has 3 aromatic carbocycles. The first-order chi connectivity index (χ1) is 17.2. The van der Waals surface area contributed by atoms with Crippen molar-refractivity contribution in [3.8, 4) is 22.8 Å². The molecular formula is C27H24N4O3S. The van der Waals surface area contributed by atoms with Crippen LogP contribution in [0.4, 0.5) is 0 Å². The second kappa shape index (κ2) is 10.1. The van der Waals surface area contributed by atoms with E-state index in [1.165, 1.54) is 7.11 Å². The Morgan fingerprint density at radius 2 is 1.77 bits per heavy atom. The fraction of sp³-hybridized carbons (Fsp3) is 0.148. The molecule has 0 aliphatic heterocycles. The van der Waals surface area contributed by atoms with Crippen LogP contribution in [-0.4, -0.2) is 39.4 Å². The molecule has 0 atom stereocenters. The summed E-state index contributed by atoms with van der Waals surface area (Å²) in [4.78, 5) is 15.1. The zero-order valence-corrected chi connectivity index (χ0v) is 20.2. The molecule has 2 aromatic heterocycles. The number of aromatic nitrogens is 4. The van der Waals surface area contributed by atoms with Crippen molar-refractivity contribution in [2.75, 3.05) is 13.7 Å². The second-order valence-electron chi connectivity index (χ2n) is 7.79. The van der Waals surface area contributed by atoms with E-state index in [1.807, 2.05) is 67.7 Å². The number of nitrogens with zero attached hydrogens (tertiary/aromatic N) is 3. The number of fused-ring (bicyclic) bond motifs is 1. The molecule has 0 unspecified atom stereocenters. The lowest BCUT2D eigenvalue weighted by molar-refractivity contribution is 0.0600. The Morgan fingerprint density at radius 3 is 2.51 bits per heavy atom. The van der Waals surface area contributed by atoms with E-state index in [0.717, 1.165) is 44.4 Å². The van der Waals surface area contributed by atoms with Crippen LogP contribution < -0.4 is 4.74 Å². The number of thioether (sulfide) groups is 1. The quantitative estimate of drug-likeness (QED) is 0.218. The second-order valence-corrected chi connectivity index (χ2v) is 8.74. The molecule has 0 fully saturated rings. The van der Waals surface area contributed by atoms with Crippen LogP contribution in [0, 0.1) is 0 Å². The van der Waals surface area contributed by atoms with E-state index in [-0.39, 0.29) is 5.97 Å². The molecule has 35 heavy (non-hydrogen) atoms. The number of hydrogen-bond acceptors (Lipinski definition) is 6. The number of hydrogen-bond donors (Lipinski definition) is 1. The molecule has 8 heteroatoms. The van der Waals surface area contributed by atoms with Gasteiger partial charge in [-0.1, -0.05) is 42.1 Å². The summed E-state index contributed by atoms with van der Waals surface area (Å²) in [6.45, 7) is 2.58. The highest BCUT2D eigenvalue weighted by Gasteiger charge is 2.19. The minimum absolute atomic E-state index is 0.345. The van der Waals surface area contributed by atoms with Gasteiger partial charge < -0.3 is 14.5 Å². The molecule has 7 nitrogen and oxygen atoms in total. The minimum atomic E-state index is -0.345. The number of H-pyrrole nitrogens is 1. The van der Waals surface area contributed by atoms with Crippen LogP contribution >= 0.6 is 11.8 Å². The van der Waals surface area contributed by atoms with Crippen molar-refractivity contribution in [1.82, 2.24) is 19.7 Å². The summed E-state index contributed by atoms with van der Waals surface area (Å²) in [7, 11) is 1.38. The van der Waals surface area contributed by atoms with Gasteiger partial charge in [-0.3, -0.25) is 4.57 Å². The average Bonchev–Trinajstić information content (AvgIpc) is 3.52. The summed E-state index contributed by atoms with van der Waals surface area (Å²) in [5, 5.41) is 11.0. The standard InChI is InChI=1S/C27H24N4O3S/c1-3-34-21-14-12-20(13-15-21)31-25(23-16-28-24-7-5-4-6-22(23)24)29-30-27(31)35-17-18-8-10-19(11-9-18)26(32)33-2/h4-16,28H,3,17H2,1-2H3. The van der Waals surface area contributed by atoms with Crippen molar-refractivity contribution >= 4 is 28.6 Å². The molecule has 1 N–H and O–H groups in total. The highest BCUT2D eigenvalue weighted by molar-refractivity contribution is 7.98. The average molecular weight is 485 g/mol. The molecule has 0 aliphatic carbocycles. The Bertz CT molecular complexity index is 1460. The number of carbonyl (C=O) groups is 1. The molecule has 0 radical (unpaired) electrons. The molecule has 176 valence electrons. The Morgan fingerprint density at radius 1 is 1.00 bits per heavy atom. The fourth-order valence-corrected chi connectivity index (χ4v) is 4.80. The van der Waals surface area contributed by atoms with Crippen LogP contribution in [0.25, 0.3) is 28.0 Å². The zero-order chi connectivity index (χ0) is 24.2. The maximum absolute atomic E-state index is 11.7. The summed E-state index contributed by atoms with van der Waals surface area (Å²) < 4.78 is 12.5. The monoisotopic (exact) mass is 484 g/mol. The molecule has 0 bridgehead atoms. The van der Waals surface area contributed by atoms with Crippen molar-refractivity contribution in [2.45, 2.75) is 17.8 Å². The van der Waals surface area contributed by atoms with Gasteiger partial charge >= 0.3 is 5.97 Å². The number of benzene rings is 3. The first-order valence-electron chi connectivity index (χ1n) is 11.2. The number of para-hydroxylation sites is 1. The van der Waals surface area contributed by atoms with Crippen LogP contribution in [0.2, 0.25) is 0 Å². The lowest BCUT2D eigenvalue weighted by Crippen LogP contribution is -2.01. The van der Waals surface area contributed by atoms with Crippen molar-refractivity contribution in [3.05, 3.63) is 90.1 Å². The van der Waals surface area contributed by atoms with Crippen molar-refractivity contribution in [1.29, 1.82) is 0 Å². The number of ether oxygens (including phenoxy) is 2. The lowest BCUT2D eigenvalue weighted by Gasteiger charge is -2.11. The van der Waals surface area contributed by atoms with Gasteiger partial charge in [0.25, 0.3) is 0 Å². The van der Waals surface area contributed by atoms with Gasteiger partial charge in [0.05, 0.1) is 19.3 Å². The predicted octanol–water partition coefficient (Wildman–Crippen LogP) is 5.89. The minimum Gasteiger partial charge on any atom is -0.494 e. The van der Waals surface area contributed by atoms with Crippen LogP contribution in [0.15, 0.2) is 84.1 Å². The van der Waals surface area contributed by atoms with Crippen LogP contribution in [-0.2, 0) is 10.5 Å². The van der Waals surface area contributed by atoms with Gasteiger partial charge in [-0.25, -0.2) is 4.79 Å². The van der Waals surface area contributed by atoms with Gasteiger partial charge in [-0.05, 0) is 55.0 Å². The molecule has 5 rings (SSSR count). The van der Waals surface area contributed by atoms with Crippen LogP contribution in [0.5, 0.6) is 5.75 Å². The number of esters is 1. The van der Waals surface area contributed by atoms with Gasteiger partial charge in [0.2, 0.25) is 0 Å². The number of methoxy groups -OCH3 is 1. The molecule has 0 aliphatic rings. The number of carbonyl (C=O) groups excluding carboxylic acids is 1. The van der Waals surface area contributed by atoms with E-state index in [2.05, 4.69) is 25.8 Å². The Labute approximate surface area is 207 Å². The Hall–Kier alpha value is -4.04. The molecule has 0 amide bonds. The number of aromatic amines is 1. The van der Waals surface area contributed by atoms with Crippen LogP contribution in [0.1, 0.15) is 22.8 Å². The highest BCUT2D eigenvalue weighted by atomic mass is 32.2. The van der Waals surface area contributed by atoms with Gasteiger partial charge in [-0.15, -0.1) is 10.2 Å². The van der Waals surface area contributed by atoms with E-state index < -0.39 is 0 Å². The largest absolute Gasteiger partial charge is 0.494 e. The summed E-state index contributed by atoms with van der Waals surface area (Å²) in [6.07, 6.45) is 1.97. The van der Waals surface area contributed by atoms with E-state index in [9.17, 15) is 4.79 Å². The van der Waals surface area contributed by atoms with Gasteiger partial charge in [0, 0.05) is 34.1 Å². The van der Waals surface area contributed by atoms with Crippen LogP contribution in [0.3, 0.4) is 0 Å². The van der Waals surface area contributed by atoms with Crippen molar-refractivity contribution in [3.63, 3.8) is 0 Å². The molecule has 5 aromatic rings. The third-order valence-corrected chi connectivity index (χ3v) is 6.61. The van der Waals surface area contributed by atoms with Crippen molar-refractivity contribution < 1.29 is 14.3 Å². The molecule has 0 spiro atoms. The maximum Gasteiger partial charge on any atom is 0.337 e. The molecule has 2 heterocycles. The smallest absolute Gasteiger partial charge is 0.337 e. The molecule has 0 saturated carbocycles. The molecule has 0 saturated heterocycles. The first-order valence-corrected chi connectivity index (χ1v) is 12.2. The Balaban J connectivity index is 1.50. The Kier molecular flexibility index (Phi) is 6.54. The third kappa shape index (κ3) is 4.65. The normalized spacial score (nSPS) is 11.0. The highest BCUT2D eigenvalue weighted by Crippen LogP contribution is 2.33. The summed E-state index contributed by atoms with van der Waals surface area (Å²) in [5.41, 5.74) is 4.57. The van der Waals surface area contributed by atoms with E-state index in [0.29, 0.717) is 17.9 Å². The zero-order valence-electron chi connectivity index (χ0n) is 19.4. The van der Waals surface area contributed by atoms with Gasteiger partial charge in [0.15, 0.2) is 11.0 Å². The lowest BCUT2D eigenvalue weighted by atomic mass is 10.1.